The van der Waals surface area contributed by atoms with Crippen LogP contribution in [0.5, 0.6) is 0 Å². The van der Waals surface area contributed by atoms with Gasteiger partial charge in [-0.3, -0.25) is 4.99 Å². The van der Waals surface area contributed by atoms with E-state index in [-0.39, 0.29) is 24.0 Å². The number of aliphatic imine (C=N–C) groups is 1. The Bertz CT molecular complexity index is 724. The summed E-state index contributed by atoms with van der Waals surface area (Å²) in [5.74, 6) is 2.97. The Morgan fingerprint density at radius 3 is 2.84 bits per heavy atom. The summed E-state index contributed by atoms with van der Waals surface area (Å²) < 4.78 is 2.24. The summed E-state index contributed by atoms with van der Waals surface area (Å²) >= 11 is 0. The first kappa shape index (κ1) is 19.7. The molecule has 1 aliphatic rings. The molecule has 0 atom stereocenters. The fourth-order valence-electron chi connectivity index (χ4n) is 3.16. The van der Waals surface area contributed by atoms with Gasteiger partial charge in [-0.25, -0.2) is 0 Å². The SMILES string of the molecule is CN=C(NCc1nnc2n1CCCC2)N(C)Cc1ccccc1C.I. The molecule has 6 nitrogen and oxygen atoms in total. The molecule has 1 aliphatic heterocycles. The molecular weight excluding hydrogens is 427 g/mol. The van der Waals surface area contributed by atoms with Gasteiger partial charge in [-0.15, -0.1) is 34.2 Å². The topological polar surface area (TPSA) is 58.3 Å². The maximum absolute atomic E-state index is 4.40. The predicted molar refractivity (Wildman–Crippen MR) is 111 cm³/mol. The number of nitrogens with zero attached hydrogens (tertiary/aromatic N) is 5. The molecule has 2 heterocycles. The number of aryl methyl sites for hydroxylation is 2. The van der Waals surface area contributed by atoms with Crippen LogP contribution in [0, 0.1) is 6.92 Å². The third-order valence-electron chi connectivity index (χ3n) is 4.58. The van der Waals surface area contributed by atoms with Crippen molar-refractivity contribution in [1.29, 1.82) is 0 Å². The lowest BCUT2D eigenvalue weighted by Crippen LogP contribution is -2.38. The first-order chi connectivity index (χ1) is 11.7. The standard InChI is InChI=1S/C18H26N6.HI/c1-14-8-4-5-9-15(14)13-23(3)18(19-2)20-12-17-22-21-16-10-6-7-11-24(16)17;/h4-5,8-9H,6-7,10-13H2,1-3H3,(H,19,20);1H. The van der Waals surface area contributed by atoms with Crippen LogP contribution in [0.4, 0.5) is 0 Å². The van der Waals surface area contributed by atoms with Crippen LogP contribution >= 0.6 is 24.0 Å². The van der Waals surface area contributed by atoms with Gasteiger partial charge in [0.1, 0.15) is 5.82 Å². The monoisotopic (exact) mass is 454 g/mol. The van der Waals surface area contributed by atoms with Crippen molar-refractivity contribution in [3.8, 4) is 0 Å². The van der Waals surface area contributed by atoms with E-state index in [0.717, 1.165) is 37.1 Å². The smallest absolute Gasteiger partial charge is 0.194 e. The highest BCUT2D eigenvalue weighted by Crippen LogP contribution is 2.14. The van der Waals surface area contributed by atoms with Crippen LogP contribution in [-0.2, 0) is 26.1 Å². The minimum Gasteiger partial charge on any atom is -0.349 e. The van der Waals surface area contributed by atoms with Crippen LogP contribution in [0.2, 0.25) is 0 Å². The maximum atomic E-state index is 4.40. The van der Waals surface area contributed by atoms with Crippen molar-refractivity contribution in [3.05, 3.63) is 47.0 Å². The van der Waals surface area contributed by atoms with Crippen molar-refractivity contribution in [2.24, 2.45) is 4.99 Å². The molecule has 1 aromatic carbocycles. The zero-order valence-corrected chi connectivity index (χ0v) is 17.5. The number of halogens is 1. The quantitative estimate of drug-likeness (QED) is 0.439. The van der Waals surface area contributed by atoms with E-state index < -0.39 is 0 Å². The molecule has 0 bridgehead atoms. The molecule has 7 heteroatoms. The summed E-state index contributed by atoms with van der Waals surface area (Å²) in [4.78, 5) is 6.53. The van der Waals surface area contributed by atoms with Gasteiger partial charge in [0.2, 0.25) is 0 Å². The van der Waals surface area contributed by atoms with Crippen LogP contribution < -0.4 is 5.32 Å². The van der Waals surface area contributed by atoms with Gasteiger partial charge in [-0.05, 0) is 30.9 Å². The number of nitrogens with one attached hydrogen (secondary N) is 1. The molecular formula is C18H27IN6. The van der Waals surface area contributed by atoms with Crippen molar-refractivity contribution < 1.29 is 0 Å². The molecule has 1 aromatic heterocycles. The average Bonchev–Trinajstić information content (AvgIpc) is 3.01. The Labute approximate surface area is 166 Å². The molecule has 25 heavy (non-hydrogen) atoms. The van der Waals surface area contributed by atoms with Crippen molar-refractivity contribution in [2.45, 2.75) is 45.8 Å². The molecule has 1 N–H and O–H groups in total. The van der Waals surface area contributed by atoms with Gasteiger partial charge in [0.25, 0.3) is 0 Å². The molecule has 0 radical (unpaired) electrons. The fraction of sp³-hybridized carbons (Fsp3) is 0.500. The minimum absolute atomic E-state index is 0. The van der Waals surface area contributed by atoms with E-state index >= 15 is 0 Å². The first-order valence-corrected chi connectivity index (χ1v) is 8.56. The van der Waals surface area contributed by atoms with E-state index in [1.165, 1.54) is 24.0 Å². The highest BCUT2D eigenvalue weighted by molar-refractivity contribution is 14.0. The molecule has 136 valence electrons. The average molecular weight is 454 g/mol. The Morgan fingerprint density at radius 1 is 1.28 bits per heavy atom. The third-order valence-corrected chi connectivity index (χ3v) is 4.58. The molecule has 2 aromatic rings. The van der Waals surface area contributed by atoms with Gasteiger partial charge in [-0.1, -0.05) is 24.3 Å². The van der Waals surface area contributed by atoms with Gasteiger partial charge >= 0.3 is 0 Å². The Morgan fingerprint density at radius 2 is 2.08 bits per heavy atom. The van der Waals surface area contributed by atoms with E-state index in [1.807, 2.05) is 7.05 Å². The fourth-order valence-corrected chi connectivity index (χ4v) is 3.16. The van der Waals surface area contributed by atoms with Crippen LogP contribution in [0.3, 0.4) is 0 Å². The second-order valence-corrected chi connectivity index (χ2v) is 6.32. The number of rotatable bonds is 4. The van der Waals surface area contributed by atoms with E-state index in [1.54, 1.807) is 0 Å². The highest BCUT2D eigenvalue weighted by atomic mass is 127. The van der Waals surface area contributed by atoms with E-state index in [4.69, 9.17) is 0 Å². The van der Waals surface area contributed by atoms with Crippen LogP contribution in [0.25, 0.3) is 0 Å². The second-order valence-electron chi connectivity index (χ2n) is 6.32. The molecule has 3 rings (SSSR count). The zero-order chi connectivity index (χ0) is 16.9. The van der Waals surface area contributed by atoms with Crippen LogP contribution in [-0.4, -0.2) is 39.7 Å². The molecule has 0 unspecified atom stereocenters. The highest BCUT2D eigenvalue weighted by Gasteiger charge is 2.16. The summed E-state index contributed by atoms with van der Waals surface area (Å²) in [5, 5.41) is 12.1. The zero-order valence-electron chi connectivity index (χ0n) is 15.2. The molecule has 0 amide bonds. The van der Waals surface area contributed by atoms with Gasteiger partial charge in [0, 0.05) is 33.6 Å². The Balaban J connectivity index is 0.00000225. The molecule has 0 fully saturated rings. The number of fused-ring (bicyclic) bond motifs is 1. The number of guanidine groups is 1. The van der Waals surface area contributed by atoms with Crippen LogP contribution in [0.15, 0.2) is 29.3 Å². The number of aromatic nitrogens is 3. The summed E-state index contributed by atoms with van der Waals surface area (Å²) in [5.41, 5.74) is 2.61. The molecule has 0 aliphatic carbocycles. The van der Waals surface area contributed by atoms with Gasteiger partial charge in [0.15, 0.2) is 11.8 Å². The van der Waals surface area contributed by atoms with Crippen molar-refractivity contribution in [2.75, 3.05) is 14.1 Å². The largest absolute Gasteiger partial charge is 0.349 e. The summed E-state index contributed by atoms with van der Waals surface area (Å²) in [6.45, 7) is 4.64. The lowest BCUT2D eigenvalue weighted by molar-refractivity contribution is 0.467. The maximum Gasteiger partial charge on any atom is 0.194 e. The normalized spacial score (nSPS) is 13.8. The van der Waals surface area contributed by atoms with Gasteiger partial charge in [0.05, 0.1) is 6.54 Å². The predicted octanol–water partition coefficient (Wildman–Crippen LogP) is 2.75. The Hall–Kier alpha value is -1.64. The van der Waals surface area contributed by atoms with Gasteiger partial charge < -0.3 is 14.8 Å². The summed E-state index contributed by atoms with van der Waals surface area (Å²) in [6.07, 6.45) is 3.46. The number of hydrogen-bond donors (Lipinski definition) is 1. The first-order valence-electron chi connectivity index (χ1n) is 8.56. The summed E-state index contributed by atoms with van der Waals surface area (Å²) in [6, 6.07) is 8.45. The van der Waals surface area contributed by atoms with Crippen LogP contribution in [0.1, 0.15) is 35.6 Å². The molecule has 0 saturated heterocycles. The van der Waals surface area contributed by atoms with Crippen molar-refractivity contribution in [3.63, 3.8) is 0 Å². The molecule has 0 spiro atoms. The third kappa shape index (κ3) is 4.71. The number of hydrogen-bond acceptors (Lipinski definition) is 3. The lowest BCUT2D eigenvalue weighted by atomic mass is 10.1. The van der Waals surface area contributed by atoms with Crippen molar-refractivity contribution >= 4 is 29.9 Å². The number of benzene rings is 1. The lowest BCUT2D eigenvalue weighted by Gasteiger charge is -2.23. The van der Waals surface area contributed by atoms with Gasteiger partial charge in [-0.2, -0.15) is 0 Å². The van der Waals surface area contributed by atoms with E-state index in [9.17, 15) is 0 Å². The Kier molecular flexibility index (Phi) is 7.22. The second kappa shape index (κ2) is 9.17. The van der Waals surface area contributed by atoms with E-state index in [2.05, 4.69) is 68.2 Å². The molecule has 0 saturated carbocycles. The minimum atomic E-state index is 0. The van der Waals surface area contributed by atoms with E-state index in [0.29, 0.717) is 6.54 Å². The van der Waals surface area contributed by atoms with Crippen molar-refractivity contribution in [1.82, 2.24) is 25.0 Å². The summed E-state index contributed by atoms with van der Waals surface area (Å²) in [7, 11) is 3.87.